The van der Waals surface area contributed by atoms with Crippen LogP contribution >= 0.6 is 11.6 Å². The maximum absolute atomic E-state index is 10.1. The van der Waals surface area contributed by atoms with Crippen LogP contribution < -0.4 is 9.47 Å². The van der Waals surface area contributed by atoms with Crippen LogP contribution in [0, 0.1) is 10.1 Å². The minimum atomic E-state index is -0.555. The maximum Gasteiger partial charge on any atom is 0.235 e. The molecule has 1 heterocycles. The van der Waals surface area contributed by atoms with Crippen molar-refractivity contribution in [2.24, 2.45) is 0 Å². The van der Waals surface area contributed by atoms with E-state index in [0.717, 1.165) is 6.20 Å². The average molecular weight is 228 g/mol. The van der Waals surface area contributed by atoms with Gasteiger partial charge >= 0.3 is 0 Å². The predicted molar refractivity (Wildman–Crippen MR) is 53.6 cm³/mol. The van der Waals surface area contributed by atoms with E-state index in [-0.39, 0.29) is 6.79 Å². The van der Waals surface area contributed by atoms with Crippen molar-refractivity contribution >= 4 is 17.7 Å². The fourth-order valence-corrected chi connectivity index (χ4v) is 1.42. The number of hydrogen-bond donors (Lipinski definition) is 0. The quantitative estimate of drug-likeness (QED) is 0.575. The van der Waals surface area contributed by atoms with E-state index in [9.17, 15) is 10.1 Å². The molecule has 5 nitrogen and oxygen atoms in total. The van der Waals surface area contributed by atoms with Crippen molar-refractivity contribution in [2.45, 2.75) is 0 Å². The van der Waals surface area contributed by atoms with E-state index in [1.807, 2.05) is 0 Å². The van der Waals surface area contributed by atoms with Gasteiger partial charge in [-0.25, -0.2) is 0 Å². The van der Waals surface area contributed by atoms with Crippen LogP contribution in [-0.4, -0.2) is 11.7 Å². The zero-order valence-electron chi connectivity index (χ0n) is 7.47. The van der Waals surface area contributed by atoms with E-state index in [1.165, 1.54) is 6.08 Å². The normalized spacial score (nSPS) is 13.4. The molecule has 0 atom stereocenters. The van der Waals surface area contributed by atoms with Crippen LogP contribution in [0.5, 0.6) is 11.5 Å². The fourth-order valence-electron chi connectivity index (χ4n) is 1.20. The molecule has 1 aliphatic heterocycles. The monoisotopic (exact) mass is 227 g/mol. The first-order chi connectivity index (χ1) is 7.16. The highest BCUT2D eigenvalue weighted by Crippen LogP contribution is 2.37. The molecule has 0 aliphatic carbocycles. The minimum Gasteiger partial charge on any atom is -0.454 e. The Balaban J connectivity index is 2.36. The summed E-state index contributed by atoms with van der Waals surface area (Å²) in [6.45, 7) is 0.147. The summed E-state index contributed by atoms with van der Waals surface area (Å²) in [6.07, 6.45) is 2.13. The number of fused-ring (bicyclic) bond motifs is 1. The third-order valence-electron chi connectivity index (χ3n) is 1.87. The number of halogens is 1. The molecule has 0 bridgehead atoms. The van der Waals surface area contributed by atoms with Gasteiger partial charge in [-0.1, -0.05) is 11.6 Å². The summed E-state index contributed by atoms with van der Waals surface area (Å²) in [7, 11) is 0. The molecule has 15 heavy (non-hydrogen) atoms. The molecule has 0 fully saturated rings. The van der Waals surface area contributed by atoms with E-state index >= 15 is 0 Å². The SMILES string of the molecule is O=[N+]([O-])C=Cc1cc2c(cc1Cl)OCO2. The molecule has 0 aromatic heterocycles. The van der Waals surface area contributed by atoms with Crippen molar-refractivity contribution < 1.29 is 14.4 Å². The highest BCUT2D eigenvalue weighted by Gasteiger charge is 2.15. The van der Waals surface area contributed by atoms with Gasteiger partial charge in [0.25, 0.3) is 0 Å². The molecule has 2 rings (SSSR count). The Morgan fingerprint density at radius 3 is 2.73 bits per heavy atom. The first-order valence-corrected chi connectivity index (χ1v) is 4.45. The lowest BCUT2D eigenvalue weighted by Gasteiger charge is -2.00. The Labute approximate surface area is 90.0 Å². The predicted octanol–water partition coefficient (Wildman–Crippen LogP) is 2.32. The van der Waals surface area contributed by atoms with Crippen molar-refractivity contribution in [1.82, 2.24) is 0 Å². The number of nitrogens with zero attached hydrogens (tertiary/aromatic N) is 1. The van der Waals surface area contributed by atoms with Crippen molar-refractivity contribution in [3.8, 4) is 11.5 Å². The summed E-state index contributed by atoms with van der Waals surface area (Å²) in [6, 6.07) is 3.17. The molecule has 0 unspecified atom stereocenters. The average Bonchev–Trinajstić information content (AvgIpc) is 2.60. The molecule has 78 valence electrons. The largest absolute Gasteiger partial charge is 0.454 e. The summed E-state index contributed by atoms with van der Waals surface area (Å²) in [5, 5.41) is 10.5. The third kappa shape index (κ3) is 2.02. The Kier molecular flexibility index (Phi) is 2.47. The van der Waals surface area contributed by atoms with Gasteiger partial charge in [0.15, 0.2) is 11.5 Å². The second kappa shape index (κ2) is 3.78. The van der Waals surface area contributed by atoms with Gasteiger partial charge in [-0.3, -0.25) is 10.1 Å². The highest BCUT2D eigenvalue weighted by molar-refractivity contribution is 6.32. The van der Waals surface area contributed by atoms with Gasteiger partial charge in [0.2, 0.25) is 13.0 Å². The van der Waals surface area contributed by atoms with E-state index in [0.29, 0.717) is 22.1 Å². The van der Waals surface area contributed by atoms with Crippen molar-refractivity contribution in [3.05, 3.63) is 39.0 Å². The van der Waals surface area contributed by atoms with Crippen LogP contribution in [0.2, 0.25) is 5.02 Å². The zero-order chi connectivity index (χ0) is 10.8. The Morgan fingerprint density at radius 1 is 1.40 bits per heavy atom. The molecule has 0 saturated heterocycles. The summed E-state index contributed by atoms with van der Waals surface area (Å²) in [5.41, 5.74) is 0.526. The number of ether oxygens (including phenoxy) is 2. The van der Waals surface area contributed by atoms with Crippen LogP contribution in [-0.2, 0) is 0 Å². The third-order valence-corrected chi connectivity index (χ3v) is 2.20. The summed E-state index contributed by atoms with van der Waals surface area (Å²) >= 11 is 5.88. The number of hydrogen-bond acceptors (Lipinski definition) is 4. The molecule has 1 aliphatic rings. The number of rotatable bonds is 2. The topological polar surface area (TPSA) is 61.6 Å². The molecule has 0 radical (unpaired) electrons. The molecule has 1 aromatic rings. The second-order valence-corrected chi connectivity index (χ2v) is 3.24. The molecule has 6 heteroatoms. The van der Waals surface area contributed by atoms with Crippen LogP contribution in [0.3, 0.4) is 0 Å². The fraction of sp³-hybridized carbons (Fsp3) is 0.111. The van der Waals surface area contributed by atoms with Gasteiger partial charge in [-0.2, -0.15) is 0 Å². The van der Waals surface area contributed by atoms with E-state index < -0.39 is 4.92 Å². The molecular formula is C9H6ClNO4. The molecular weight excluding hydrogens is 222 g/mol. The Morgan fingerprint density at radius 2 is 2.07 bits per heavy atom. The van der Waals surface area contributed by atoms with Gasteiger partial charge in [0.1, 0.15) is 0 Å². The van der Waals surface area contributed by atoms with Gasteiger partial charge in [0, 0.05) is 17.7 Å². The van der Waals surface area contributed by atoms with Crippen LogP contribution in [0.4, 0.5) is 0 Å². The van der Waals surface area contributed by atoms with Crippen molar-refractivity contribution in [3.63, 3.8) is 0 Å². The van der Waals surface area contributed by atoms with Gasteiger partial charge in [0.05, 0.1) is 9.95 Å². The van der Waals surface area contributed by atoms with Crippen LogP contribution in [0.1, 0.15) is 5.56 Å². The lowest BCUT2D eigenvalue weighted by molar-refractivity contribution is -0.400. The zero-order valence-corrected chi connectivity index (χ0v) is 8.23. The van der Waals surface area contributed by atoms with Gasteiger partial charge in [-0.05, 0) is 6.07 Å². The van der Waals surface area contributed by atoms with E-state index in [1.54, 1.807) is 12.1 Å². The smallest absolute Gasteiger partial charge is 0.235 e. The second-order valence-electron chi connectivity index (χ2n) is 2.83. The minimum absolute atomic E-state index is 0.147. The lowest BCUT2D eigenvalue weighted by atomic mass is 10.2. The Bertz CT molecular complexity index is 444. The summed E-state index contributed by atoms with van der Waals surface area (Å²) < 4.78 is 10.2. The first-order valence-electron chi connectivity index (χ1n) is 4.07. The maximum atomic E-state index is 10.1. The van der Waals surface area contributed by atoms with E-state index in [2.05, 4.69) is 0 Å². The summed E-state index contributed by atoms with van der Waals surface area (Å²) in [4.78, 5) is 9.58. The van der Waals surface area contributed by atoms with Crippen LogP contribution in [0.15, 0.2) is 18.3 Å². The van der Waals surface area contributed by atoms with Crippen molar-refractivity contribution in [2.75, 3.05) is 6.79 Å². The van der Waals surface area contributed by atoms with Gasteiger partial charge in [-0.15, -0.1) is 0 Å². The Hall–Kier alpha value is -1.75. The van der Waals surface area contributed by atoms with Gasteiger partial charge < -0.3 is 9.47 Å². The molecule has 0 saturated carbocycles. The van der Waals surface area contributed by atoms with Crippen LogP contribution in [0.25, 0.3) is 6.08 Å². The standard InChI is InChI=1S/C9H6ClNO4/c10-7-4-9-8(14-5-15-9)3-6(7)1-2-11(12)13/h1-4H,5H2. The van der Waals surface area contributed by atoms with E-state index in [4.69, 9.17) is 21.1 Å². The molecule has 0 amide bonds. The number of benzene rings is 1. The summed E-state index contributed by atoms with van der Waals surface area (Å²) in [5.74, 6) is 1.10. The number of nitro groups is 1. The molecule has 1 aromatic carbocycles. The van der Waals surface area contributed by atoms with Crippen molar-refractivity contribution in [1.29, 1.82) is 0 Å². The molecule has 0 spiro atoms. The highest BCUT2D eigenvalue weighted by atomic mass is 35.5. The lowest BCUT2D eigenvalue weighted by Crippen LogP contribution is -1.92. The first kappa shape index (κ1) is 9.79. The molecule has 0 N–H and O–H groups in total.